The Hall–Kier alpha value is -3.36. The number of fused-ring (bicyclic) bond motifs is 2. The summed E-state index contributed by atoms with van der Waals surface area (Å²) >= 11 is 0. The Morgan fingerprint density at radius 1 is 1.06 bits per heavy atom. The molecule has 0 radical (unpaired) electrons. The number of nitrogens with zero attached hydrogens (tertiary/aromatic N) is 5. The van der Waals surface area contributed by atoms with Crippen LogP contribution in [-0.4, -0.2) is 71.7 Å². The number of benzene rings is 1. The lowest BCUT2D eigenvalue weighted by molar-refractivity contribution is -0.0507. The fourth-order valence-electron chi connectivity index (χ4n) is 4.92. The zero-order valence-electron chi connectivity index (χ0n) is 18.6. The molecule has 168 valence electrons. The van der Waals surface area contributed by atoms with Gasteiger partial charge in [0.15, 0.2) is 0 Å². The minimum Gasteiger partial charge on any atom is -0.379 e. The lowest BCUT2D eigenvalue weighted by Gasteiger charge is -2.38. The van der Waals surface area contributed by atoms with Crippen molar-refractivity contribution >= 4 is 17.5 Å². The molecule has 2 aromatic heterocycles. The Morgan fingerprint density at radius 3 is 2.55 bits per heavy atom. The maximum atomic E-state index is 13.1. The molecule has 1 amide bonds. The second kappa shape index (κ2) is 7.90. The highest BCUT2D eigenvalue weighted by molar-refractivity contribution is 5.96. The number of rotatable bonds is 3. The van der Waals surface area contributed by atoms with Gasteiger partial charge in [-0.3, -0.25) is 9.78 Å². The molecule has 3 aromatic rings. The second-order valence-electron chi connectivity index (χ2n) is 9.12. The van der Waals surface area contributed by atoms with Crippen LogP contribution in [0.2, 0.25) is 0 Å². The fraction of sp³-hybridized carbons (Fsp3) is 0.360. The smallest absolute Gasteiger partial charge is 0.254 e. The molecule has 1 aromatic carbocycles. The number of aromatic nitrogens is 3. The monoisotopic (exact) mass is 442 g/mol. The maximum absolute atomic E-state index is 13.1. The van der Waals surface area contributed by atoms with Crippen molar-refractivity contribution in [1.29, 1.82) is 0 Å². The van der Waals surface area contributed by atoms with Crippen molar-refractivity contribution in [3.8, 4) is 11.3 Å². The average molecular weight is 443 g/mol. The third kappa shape index (κ3) is 3.46. The summed E-state index contributed by atoms with van der Waals surface area (Å²) in [5.41, 5.74) is 5.73. The van der Waals surface area contributed by atoms with Crippen LogP contribution < -0.4 is 10.2 Å². The van der Waals surface area contributed by atoms with Crippen molar-refractivity contribution in [2.45, 2.75) is 12.3 Å². The predicted molar refractivity (Wildman–Crippen MR) is 125 cm³/mol. The van der Waals surface area contributed by atoms with Crippen molar-refractivity contribution in [3.05, 3.63) is 65.6 Å². The van der Waals surface area contributed by atoms with Crippen molar-refractivity contribution in [2.24, 2.45) is 0 Å². The summed E-state index contributed by atoms with van der Waals surface area (Å²) < 4.78 is 5.60. The van der Waals surface area contributed by atoms with E-state index in [9.17, 15) is 4.79 Å². The molecule has 0 saturated carbocycles. The van der Waals surface area contributed by atoms with E-state index in [4.69, 9.17) is 4.74 Å². The summed E-state index contributed by atoms with van der Waals surface area (Å²) in [5.74, 6) is 0.704. The summed E-state index contributed by atoms with van der Waals surface area (Å²) in [5, 5.41) is 3.30. The molecular formula is C25H26N6O2. The van der Waals surface area contributed by atoms with Gasteiger partial charge in [-0.05, 0) is 42.3 Å². The normalized spacial score (nSPS) is 18.8. The summed E-state index contributed by atoms with van der Waals surface area (Å²) in [6, 6.07) is 10.1. The van der Waals surface area contributed by atoms with Gasteiger partial charge in [-0.25, -0.2) is 9.97 Å². The van der Waals surface area contributed by atoms with E-state index >= 15 is 0 Å². The molecule has 0 bridgehead atoms. The molecule has 0 atom stereocenters. The van der Waals surface area contributed by atoms with E-state index < -0.39 is 0 Å². The van der Waals surface area contributed by atoms with E-state index in [1.807, 2.05) is 48.5 Å². The Balaban J connectivity index is 1.34. The van der Waals surface area contributed by atoms with Gasteiger partial charge in [-0.15, -0.1) is 0 Å². The van der Waals surface area contributed by atoms with Gasteiger partial charge in [0.2, 0.25) is 5.95 Å². The van der Waals surface area contributed by atoms with Crippen molar-refractivity contribution in [1.82, 2.24) is 25.2 Å². The van der Waals surface area contributed by atoms with Crippen LogP contribution in [0.15, 0.2) is 48.9 Å². The first kappa shape index (κ1) is 20.3. The summed E-state index contributed by atoms with van der Waals surface area (Å²) in [4.78, 5) is 31.0. The van der Waals surface area contributed by atoms with Crippen LogP contribution in [0.25, 0.3) is 11.3 Å². The van der Waals surface area contributed by atoms with Crippen LogP contribution in [0.1, 0.15) is 21.5 Å². The SMILES string of the molecule is Cc1ccnc(-c2cnc(N3CC4(COC4)c4ccc(C(=O)N5CCNCC5)cc43)nc2)c1. The summed E-state index contributed by atoms with van der Waals surface area (Å²) in [7, 11) is 0. The quantitative estimate of drug-likeness (QED) is 0.666. The standard InChI is InChI=1S/C25H26N6O2/c1-17-4-5-27-21(10-17)19-12-28-24(29-13-19)31-14-25(15-33-16-25)20-3-2-18(11-22(20)31)23(32)30-8-6-26-7-9-30/h2-5,10-13,26H,6-9,14-16H2,1H3. The van der Waals surface area contributed by atoms with Crippen LogP contribution in [0, 0.1) is 6.92 Å². The first-order valence-electron chi connectivity index (χ1n) is 11.4. The van der Waals surface area contributed by atoms with Crippen molar-refractivity contribution in [2.75, 3.05) is 50.8 Å². The first-order valence-corrected chi connectivity index (χ1v) is 11.4. The van der Waals surface area contributed by atoms with Gasteiger partial charge in [0, 0.05) is 68.1 Å². The van der Waals surface area contributed by atoms with Crippen LogP contribution in [0.5, 0.6) is 0 Å². The zero-order chi connectivity index (χ0) is 22.4. The van der Waals surface area contributed by atoms with Gasteiger partial charge in [-0.1, -0.05) is 6.07 Å². The highest BCUT2D eigenvalue weighted by atomic mass is 16.5. The predicted octanol–water partition coefficient (Wildman–Crippen LogP) is 2.31. The molecule has 6 rings (SSSR count). The molecule has 1 N–H and O–H groups in total. The topological polar surface area (TPSA) is 83.5 Å². The van der Waals surface area contributed by atoms with Gasteiger partial charge < -0.3 is 19.9 Å². The molecule has 5 heterocycles. The number of aryl methyl sites for hydroxylation is 1. The molecule has 3 aliphatic heterocycles. The number of carbonyl (C=O) groups excluding carboxylic acids is 1. The number of carbonyl (C=O) groups is 1. The van der Waals surface area contributed by atoms with E-state index in [2.05, 4.69) is 31.2 Å². The van der Waals surface area contributed by atoms with Crippen LogP contribution in [0.3, 0.4) is 0 Å². The van der Waals surface area contributed by atoms with E-state index in [1.165, 1.54) is 5.56 Å². The van der Waals surface area contributed by atoms with Crippen LogP contribution in [0.4, 0.5) is 11.6 Å². The molecule has 3 aliphatic rings. The molecule has 8 heteroatoms. The number of pyridine rings is 1. The Labute approximate surface area is 192 Å². The van der Waals surface area contributed by atoms with Gasteiger partial charge in [0.05, 0.1) is 24.3 Å². The van der Waals surface area contributed by atoms with Crippen LogP contribution in [-0.2, 0) is 10.2 Å². The molecule has 0 aliphatic carbocycles. The van der Waals surface area contributed by atoms with Gasteiger partial charge >= 0.3 is 0 Å². The van der Waals surface area contributed by atoms with Gasteiger partial charge in [-0.2, -0.15) is 0 Å². The van der Waals surface area contributed by atoms with E-state index in [0.717, 1.165) is 55.2 Å². The minimum absolute atomic E-state index is 0.0634. The second-order valence-corrected chi connectivity index (χ2v) is 9.12. The van der Waals surface area contributed by atoms with Crippen molar-refractivity contribution in [3.63, 3.8) is 0 Å². The molecule has 2 fully saturated rings. The Bertz CT molecular complexity index is 1200. The van der Waals surface area contributed by atoms with Crippen LogP contribution >= 0.6 is 0 Å². The molecular weight excluding hydrogens is 416 g/mol. The van der Waals surface area contributed by atoms with E-state index in [-0.39, 0.29) is 11.3 Å². The first-order chi connectivity index (χ1) is 16.1. The highest BCUT2D eigenvalue weighted by Crippen LogP contribution is 2.47. The number of hydrogen-bond donors (Lipinski definition) is 1. The summed E-state index contributed by atoms with van der Waals surface area (Å²) in [6.07, 6.45) is 5.44. The molecule has 1 spiro atoms. The fourth-order valence-corrected chi connectivity index (χ4v) is 4.92. The molecule has 0 unspecified atom stereocenters. The van der Waals surface area contributed by atoms with Crippen molar-refractivity contribution < 1.29 is 9.53 Å². The number of ether oxygens (including phenoxy) is 1. The summed E-state index contributed by atoms with van der Waals surface area (Å²) in [6.45, 7) is 7.26. The lowest BCUT2D eigenvalue weighted by Crippen LogP contribution is -2.49. The molecule has 8 nitrogen and oxygen atoms in total. The lowest BCUT2D eigenvalue weighted by atomic mass is 9.80. The van der Waals surface area contributed by atoms with E-state index in [1.54, 1.807) is 6.20 Å². The average Bonchev–Trinajstić information content (AvgIpc) is 3.20. The maximum Gasteiger partial charge on any atom is 0.254 e. The third-order valence-electron chi connectivity index (χ3n) is 6.82. The highest BCUT2D eigenvalue weighted by Gasteiger charge is 2.49. The zero-order valence-corrected chi connectivity index (χ0v) is 18.6. The van der Waals surface area contributed by atoms with Gasteiger partial charge in [0.1, 0.15) is 0 Å². The largest absolute Gasteiger partial charge is 0.379 e. The molecule has 33 heavy (non-hydrogen) atoms. The Morgan fingerprint density at radius 2 is 1.85 bits per heavy atom. The number of anilines is 2. The Kier molecular flexibility index (Phi) is 4.85. The molecule has 2 saturated heterocycles. The van der Waals surface area contributed by atoms with Gasteiger partial charge in [0.25, 0.3) is 5.91 Å². The number of nitrogens with one attached hydrogen (secondary N) is 1. The van der Waals surface area contributed by atoms with E-state index in [0.29, 0.717) is 24.7 Å². The third-order valence-corrected chi connectivity index (χ3v) is 6.82. The number of hydrogen-bond acceptors (Lipinski definition) is 7. The number of piperazine rings is 1. The number of amides is 1. The minimum atomic E-state index is -0.0634.